The largest absolute Gasteiger partial charge is 0.504 e. The van der Waals surface area contributed by atoms with Gasteiger partial charge in [0.15, 0.2) is 11.5 Å². The molecule has 0 aromatic heterocycles. The van der Waals surface area contributed by atoms with Crippen LogP contribution in [-0.2, 0) is 37.4 Å². The van der Waals surface area contributed by atoms with E-state index < -0.39 is 28.8 Å². The number of aromatic hydroxyl groups is 1. The summed E-state index contributed by atoms with van der Waals surface area (Å²) in [7, 11) is 4.00. The first-order chi connectivity index (χ1) is 22.0. The van der Waals surface area contributed by atoms with Gasteiger partial charge in [0.05, 0.1) is 11.0 Å². The van der Waals surface area contributed by atoms with E-state index in [4.69, 9.17) is 18.9 Å². The fraction of sp³-hybridized carbons (Fsp3) is 0.611. The van der Waals surface area contributed by atoms with Gasteiger partial charge in [-0.3, -0.25) is 10.1 Å². The monoisotopic (exact) mass is 635 g/mol. The van der Waals surface area contributed by atoms with Crippen LogP contribution < -0.4 is 15.4 Å². The third-order valence-electron chi connectivity index (χ3n) is 10.6. The number of phenolic OH excluding ortho intramolecular Hbond substituents is 1. The number of hydrogen-bond donors (Lipinski definition) is 3. The highest BCUT2D eigenvalue weighted by Crippen LogP contribution is 2.66. The molecule has 6 atom stereocenters. The lowest BCUT2D eigenvalue weighted by atomic mass is 9.48. The number of phenols is 1. The van der Waals surface area contributed by atoms with Crippen LogP contribution in [-0.4, -0.2) is 84.7 Å². The number of alkyl carbamates (subject to hydrolysis) is 1. The number of ether oxygens (including phenoxy) is 4. The van der Waals surface area contributed by atoms with Crippen molar-refractivity contribution in [3.63, 3.8) is 0 Å². The molecular formula is C36H49N3O7. The van der Waals surface area contributed by atoms with E-state index in [1.54, 1.807) is 6.07 Å². The maximum Gasteiger partial charge on any atom is 0.407 e. The molecule has 2 bridgehead atoms. The molecule has 1 saturated heterocycles. The van der Waals surface area contributed by atoms with Gasteiger partial charge in [-0.1, -0.05) is 36.4 Å². The number of nitrogens with zero attached hydrogens (tertiary/aromatic N) is 1. The molecule has 2 aromatic carbocycles. The van der Waals surface area contributed by atoms with Crippen molar-refractivity contribution in [2.45, 2.75) is 113 Å². The average molecular weight is 636 g/mol. The Hall–Kier alpha value is -3.34. The van der Waals surface area contributed by atoms with Gasteiger partial charge >= 0.3 is 12.1 Å². The number of piperidine rings is 1. The standard InChI is InChI=1S/C36H49N3O7/c1-34(2,3)46-32(41)26(13-9-10-19-37-33(42)44-22-23-11-7-6-8-12-23)38-25-16-17-36(43-5)28-21-24-14-15-27(40)30-29(24)35(36,31(25)45-30)18-20-39(28)4/h6-8,11-12,14-15,25-26,28,31,38,40H,9-10,13,16-22H2,1-5H3,(H,37,42)/t25-,26-,28+,31-,35-,36+/m0/s1. The normalized spacial score (nSPS) is 28.5. The van der Waals surface area contributed by atoms with E-state index in [9.17, 15) is 14.7 Å². The van der Waals surface area contributed by atoms with Crippen molar-refractivity contribution in [3.05, 3.63) is 59.2 Å². The van der Waals surface area contributed by atoms with Crippen LogP contribution in [0.1, 0.15) is 76.0 Å². The van der Waals surface area contributed by atoms with Crippen molar-refractivity contribution in [2.24, 2.45) is 0 Å². The van der Waals surface area contributed by atoms with Crippen LogP contribution in [0.15, 0.2) is 42.5 Å². The summed E-state index contributed by atoms with van der Waals surface area (Å²) in [4.78, 5) is 28.2. The van der Waals surface area contributed by atoms with Gasteiger partial charge < -0.3 is 34.3 Å². The molecule has 1 amide bonds. The van der Waals surface area contributed by atoms with Gasteiger partial charge in [0.25, 0.3) is 0 Å². The van der Waals surface area contributed by atoms with Crippen molar-refractivity contribution < 1.29 is 33.6 Å². The van der Waals surface area contributed by atoms with Crippen LogP contribution in [0.25, 0.3) is 0 Å². The van der Waals surface area contributed by atoms with E-state index in [0.29, 0.717) is 31.6 Å². The Bertz CT molecular complexity index is 1430. The molecule has 250 valence electrons. The molecule has 1 saturated carbocycles. The summed E-state index contributed by atoms with van der Waals surface area (Å²) in [5.41, 5.74) is 1.69. The summed E-state index contributed by atoms with van der Waals surface area (Å²) in [6, 6.07) is 12.8. The number of likely N-dealkylation sites (tertiary alicyclic amines) is 1. The smallest absolute Gasteiger partial charge is 0.407 e. The minimum atomic E-state index is -0.636. The maximum absolute atomic E-state index is 13.6. The molecular weight excluding hydrogens is 586 g/mol. The number of nitrogens with one attached hydrogen (secondary N) is 2. The molecule has 46 heavy (non-hydrogen) atoms. The Morgan fingerprint density at radius 3 is 2.65 bits per heavy atom. The summed E-state index contributed by atoms with van der Waals surface area (Å²) in [6.45, 7) is 7.18. The van der Waals surface area contributed by atoms with Gasteiger partial charge in [-0.05, 0) is 96.5 Å². The minimum Gasteiger partial charge on any atom is -0.504 e. The first kappa shape index (κ1) is 32.6. The first-order valence-electron chi connectivity index (χ1n) is 16.7. The van der Waals surface area contributed by atoms with Gasteiger partial charge in [0, 0.05) is 31.3 Å². The van der Waals surface area contributed by atoms with Crippen molar-refractivity contribution in [3.8, 4) is 11.5 Å². The average Bonchev–Trinajstić information content (AvgIpc) is 3.38. The molecule has 4 aliphatic rings. The predicted molar refractivity (Wildman–Crippen MR) is 173 cm³/mol. The number of amides is 1. The van der Waals surface area contributed by atoms with Crippen LogP contribution in [0, 0.1) is 0 Å². The van der Waals surface area contributed by atoms with Gasteiger partial charge in [0.1, 0.15) is 24.4 Å². The lowest BCUT2D eigenvalue weighted by molar-refractivity contribution is -0.204. The van der Waals surface area contributed by atoms with Crippen LogP contribution in [0.4, 0.5) is 4.79 Å². The molecule has 2 aliphatic carbocycles. The zero-order chi connectivity index (χ0) is 32.7. The highest BCUT2D eigenvalue weighted by molar-refractivity contribution is 5.76. The predicted octanol–water partition coefficient (Wildman–Crippen LogP) is 4.60. The molecule has 1 spiro atoms. The van der Waals surface area contributed by atoms with Crippen LogP contribution in [0.5, 0.6) is 11.5 Å². The summed E-state index contributed by atoms with van der Waals surface area (Å²) < 4.78 is 24.5. The van der Waals surface area contributed by atoms with Gasteiger partial charge in [0.2, 0.25) is 0 Å². The number of likely N-dealkylation sites (N-methyl/N-ethyl adjacent to an activating group) is 1. The number of carbonyl (C=O) groups is 2. The Balaban J connectivity index is 1.16. The van der Waals surface area contributed by atoms with Crippen molar-refractivity contribution in [1.29, 1.82) is 0 Å². The van der Waals surface area contributed by atoms with Gasteiger partial charge in [-0.25, -0.2) is 4.79 Å². The van der Waals surface area contributed by atoms with Crippen molar-refractivity contribution in [1.82, 2.24) is 15.5 Å². The third-order valence-corrected chi connectivity index (χ3v) is 10.6. The molecule has 6 rings (SSSR count). The highest BCUT2D eigenvalue weighted by Gasteiger charge is 2.73. The molecule has 2 fully saturated rings. The molecule has 2 aliphatic heterocycles. The second-order valence-electron chi connectivity index (χ2n) is 14.4. The number of unbranched alkanes of at least 4 members (excludes halogenated alkanes) is 1. The quantitative estimate of drug-likeness (QED) is 0.241. The Morgan fingerprint density at radius 2 is 1.91 bits per heavy atom. The van der Waals surface area contributed by atoms with Gasteiger partial charge in [-0.15, -0.1) is 0 Å². The Morgan fingerprint density at radius 1 is 1.13 bits per heavy atom. The second-order valence-corrected chi connectivity index (χ2v) is 14.4. The van der Waals surface area contributed by atoms with Gasteiger partial charge in [-0.2, -0.15) is 0 Å². The topological polar surface area (TPSA) is 119 Å². The molecule has 0 unspecified atom stereocenters. The lowest BCUT2D eigenvalue weighted by Gasteiger charge is -2.65. The lowest BCUT2D eigenvalue weighted by Crippen LogP contribution is -2.78. The summed E-state index contributed by atoms with van der Waals surface area (Å²) in [5, 5.41) is 17.5. The number of esters is 1. The minimum absolute atomic E-state index is 0.155. The Kier molecular flexibility index (Phi) is 8.99. The third kappa shape index (κ3) is 5.73. The molecule has 2 heterocycles. The SMILES string of the molecule is CO[C@@]12CC[C@H](N[C@@H](CCCCNC(=O)OCc3ccccc3)C(=O)OC(C)(C)C)[C@@H]3Oc4c(O)ccc5c4[C@@]31CCN(C)[C@@H]2C5. The number of carbonyl (C=O) groups excluding carboxylic acids is 2. The molecule has 3 N–H and O–H groups in total. The zero-order valence-corrected chi connectivity index (χ0v) is 27.8. The molecule has 2 aromatic rings. The second kappa shape index (κ2) is 12.7. The van der Waals surface area contributed by atoms with E-state index in [1.807, 2.05) is 64.3 Å². The summed E-state index contributed by atoms with van der Waals surface area (Å²) in [5.74, 6) is 0.426. The number of methoxy groups -OCH3 is 1. The highest BCUT2D eigenvalue weighted by atomic mass is 16.6. The fourth-order valence-electron chi connectivity index (χ4n) is 8.65. The van der Waals surface area contributed by atoms with E-state index in [2.05, 4.69) is 22.6 Å². The summed E-state index contributed by atoms with van der Waals surface area (Å²) in [6.07, 6.45) is 4.38. The van der Waals surface area contributed by atoms with E-state index in [-0.39, 0.29) is 36.5 Å². The molecule has 0 radical (unpaired) electrons. The maximum atomic E-state index is 13.6. The fourth-order valence-corrected chi connectivity index (χ4v) is 8.65. The number of hydrogen-bond acceptors (Lipinski definition) is 9. The molecule has 10 heteroatoms. The van der Waals surface area contributed by atoms with Crippen molar-refractivity contribution in [2.75, 3.05) is 27.2 Å². The van der Waals surface area contributed by atoms with Crippen molar-refractivity contribution >= 4 is 12.1 Å². The van der Waals surface area contributed by atoms with E-state index >= 15 is 0 Å². The Labute approximate surface area is 272 Å². The molecule has 10 nitrogen and oxygen atoms in total. The van der Waals surface area contributed by atoms with E-state index in [0.717, 1.165) is 43.4 Å². The first-order valence-corrected chi connectivity index (χ1v) is 16.7. The zero-order valence-electron chi connectivity index (χ0n) is 27.8. The van der Waals surface area contributed by atoms with Crippen LogP contribution in [0.3, 0.4) is 0 Å². The van der Waals surface area contributed by atoms with Crippen LogP contribution >= 0.6 is 0 Å². The van der Waals surface area contributed by atoms with Crippen LogP contribution in [0.2, 0.25) is 0 Å². The number of benzene rings is 2. The van der Waals surface area contributed by atoms with E-state index in [1.165, 1.54) is 5.56 Å². The summed E-state index contributed by atoms with van der Waals surface area (Å²) >= 11 is 0. The number of rotatable bonds is 11.